The third kappa shape index (κ3) is 1.26. The van der Waals surface area contributed by atoms with E-state index in [0.29, 0.717) is 0 Å². The van der Waals surface area contributed by atoms with Crippen LogP contribution in [-0.4, -0.2) is 20.1 Å². The van der Waals surface area contributed by atoms with Crippen molar-refractivity contribution in [3.63, 3.8) is 0 Å². The minimum atomic E-state index is -0.568. The number of hydrogen-bond acceptors (Lipinski definition) is 6. The van der Waals surface area contributed by atoms with Crippen LogP contribution < -0.4 is 5.73 Å². The summed E-state index contributed by atoms with van der Waals surface area (Å²) in [5, 5.41) is 14.6. The Bertz CT molecular complexity index is 413. The van der Waals surface area contributed by atoms with Crippen LogP contribution in [0.25, 0.3) is 11.5 Å². The quantitative estimate of drug-likeness (QED) is 0.670. The first-order chi connectivity index (χ1) is 6.27. The number of rotatable bonds is 1. The van der Waals surface area contributed by atoms with Crippen molar-refractivity contribution in [3.05, 3.63) is 12.6 Å². The molecule has 2 N–H and O–H groups in total. The SMILES string of the molecule is Nc1cnc(-c2ncon2)c([O])n1. The molecule has 7 heteroatoms. The van der Waals surface area contributed by atoms with Gasteiger partial charge in [0.15, 0.2) is 5.69 Å². The molecule has 0 bridgehead atoms. The standard InChI is InChI=1S/C6H4N5O2/c7-3-1-8-4(6(12)10-3)5-9-2-13-11-5/h1-2H,(H2,7,10). The summed E-state index contributed by atoms with van der Waals surface area (Å²) in [6.07, 6.45) is 2.36. The molecule has 2 heterocycles. The van der Waals surface area contributed by atoms with Crippen LogP contribution >= 0.6 is 0 Å². The molecule has 0 aliphatic carbocycles. The lowest BCUT2D eigenvalue weighted by Crippen LogP contribution is -1.94. The monoisotopic (exact) mass is 178 g/mol. The highest BCUT2D eigenvalue weighted by atomic mass is 16.5. The normalized spacial score (nSPS) is 10.2. The van der Waals surface area contributed by atoms with E-state index in [-0.39, 0.29) is 17.3 Å². The Kier molecular flexibility index (Phi) is 1.55. The number of hydrogen-bond donors (Lipinski definition) is 1. The number of nitrogens with zero attached hydrogens (tertiary/aromatic N) is 4. The zero-order valence-corrected chi connectivity index (χ0v) is 6.34. The van der Waals surface area contributed by atoms with Crippen molar-refractivity contribution in [2.75, 3.05) is 5.73 Å². The second-order valence-electron chi connectivity index (χ2n) is 2.20. The average Bonchev–Trinajstić information content (AvgIpc) is 2.56. The molecule has 0 amide bonds. The third-order valence-corrected chi connectivity index (χ3v) is 1.33. The molecule has 13 heavy (non-hydrogen) atoms. The summed E-state index contributed by atoms with van der Waals surface area (Å²) < 4.78 is 4.46. The predicted octanol–water partition coefficient (Wildman–Crippen LogP) is 0.253. The van der Waals surface area contributed by atoms with Gasteiger partial charge in [0.25, 0.3) is 0 Å². The Labute approximate surface area is 72.2 Å². The molecule has 2 aromatic heterocycles. The number of nitrogens with two attached hydrogens (primary N) is 1. The summed E-state index contributed by atoms with van der Waals surface area (Å²) in [5.41, 5.74) is 5.27. The molecule has 0 unspecified atom stereocenters. The van der Waals surface area contributed by atoms with Gasteiger partial charge < -0.3 is 10.3 Å². The number of anilines is 1. The van der Waals surface area contributed by atoms with Gasteiger partial charge in [0.05, 0.1) is 6.20 Å². The van der Waals surface area contributed by atoms with E-state index in [1.165, 1.54) is 6.20 Å². The van der Waals surface area contributed by atoms with Crippen LogP contribution in [-0.2, 0) is 5.11 Å². The highest BCUT2D eigenvalue weighted by Gasteiger charge is 2.13. The van der Waals surface area contributed by atoms with Crippen molar-refractivity contribution in [2.45, 2.75) is 0 Å². The maximum atomic E-state index is 11.2. The van der Waals surface area contributed by atoms with E-state index in [9.17, 15) is 5.11 Å². The fraction of sp³-hybridized carbons (Fsp3) is 0. The summed E-state index contributed by atoms with van der Waals surface area (Å²) >= 11 is 0. The predicted molar refractivity (Wildman–Crippen MR) is 39.9 cm³/mol. The van der Waals surface area contributed by atoms with Crippen LogP contribution in [0.4, 0.5) is 5.82 Å². The fourth-order valence-corrected chi connectivity index (χ4v) is 0.813. The molecule has 0 spiro atoms. The van der Waals surface area contributed by atoms with Crippen molar-refractivity contribution in [1.29, 1.82) is 0 Å². The van der Waals surface area contributed by atoms with Crippen molar-refractivity contribution >= 4 is 5.82 Å². The molecule has 0 aliphatic heterocycles. The van der Waals surface area contributed by atoms with Gasteiger partial charge in [-0.3, -0.25) is 5.11 Å². The van der Waals surface area contributed by atoms with E-state index < -0.39 is 5.88 Å². The molecule has 0 fully saturated rings. The summed E-state index contributed by atoms with van der Waals surface area (Å²) in [6.45, 7) is 0. The van der Waals surface area contributed by atoms with Crippen LogP contribution in [0.2, 0.25) is 0 Å². The van der Waals surface area contributed by atoms with Crippen LogP contribution in [0.3, 0.4) is 0 Å². The van der Waals surface area contributed by atoms with E-state index in [1.807, 2.05) is 0 Å². The highest BCUT2D eigenvalue weighted by Crippen LogP contribution is 2.21. The average molecular weight is 178 g/mol. The smallest absolute Gasteiger partial charge is 0.301 e. The van der Waals surface area contributed by atoms with Crippen molar-refractivity contribution in [1.82, 2.24) is 20.1 Å². The van der Waals surface area contributed by atoms with Crippen LogP contribution in [0, 0.1) is 0 Å². The van der Waals surface area contributed by atoms with Gasteiger partial charge in [-0.15, -0.1) is 0 Å². The zero-order valence-electron chi connectivity index (χ0n) is 6.34. The van der Waals surface area contributed by atoms with E-state index in [0.717, 1.165) is 6.39 Å². The molecule has 2 aromatic rings. The first-order valence-electron chi connectivity index (χ1n) is 3.33. The van der Waals surface area contributed by atoms with Gasteiger partial charge in [-0.05, 0) is 0 Å². The molecular formula is C6H4N5O2. The molecule has 0 saturated heterocycles. The summed E-state index contributed by atoms with van der Waals surface area (Å²) in [4.78, 5) is 10.9. The Morgan fingerprint density at radius 1 is 1.38 bits per heavy atom. The first-order valence-corrected chi connectivity index (χ1v) is 3.33. The fourth-order valence-electron chi connectivity index (χ4n) is 0.813. The lowest BCUT2D eigenvalue weighted by Gasteiger charge is -1.94. The second kappa shape index (κ2) is 2.70. The molecule has 0 aromatic carbocycles. The van der Waals surface area contributed by atoms with Gasteiger partial charge in [-0.25, -0.2) is 4.98 Å². The van der Waals surface area contributed by atoms with E-state index >= 15 is 0 Å². The molecule has 0 aliphatic rings. The van der Waals surface area contributed by atoms with Crippen molar-refractivity contribution in [3.8, 4) is 17.4 Å². The van der Waals surface area contributed by atoms with Gasteiger partial charge in [-0.1, -0.05) is 5.16 Å². The molecule has 2 rings (SSSR count). The Hall–Kier alpha value is -2.18. The second-order valence-corrected chi connectivity index (χ2v) is 2.20. The maximum Gasteiger partial charge on any atom is 0.301 e. The summed E-state index contributed by atoms with van der Waals surface area (Å²) in [5.74, 6) is -0.392. The van der Waals surface area contributed by atoms with Gasteiger partial charge in [0.2, 0.25) is 12.2 Å². The van der Waals surface area contributed by atoms with E-state index in [2.05, 4.69) is 24.6 Å². The van der Waals surface area contributed by atoms with Crippen LogP contribution in [0.15, 0.2) is 17.1 Å². The summed E-state index contributed by atoms with van der Waals surface area (Å²) in [7, 11) is 0. The number of aromatic nitrogens is 4. The Balaban J connectivity index is 2.53. The lowest BCUT2D eigenvalue weighted by molar-refractivity contribution is 0.337. The maximum absolute atomic E-state index is 11.2. The highest BCUT2D eigenvalue weighted by molar-refractivity contribution is 5.55. The minimum absolute atomic E-state index is 0.0305. The Morgan fingerprint density at radius 3 is 2.85 bits per heavy atom. The van der Waals surface area contributed by atoms with Crippen molar-refractivity contribution < 1.29 is 9.63 Å². The Morgan fingerprint density at radius 2 is 2.23 bits per heavy atom. The van der Waals surface area contributed by atoms with Gasteiger partial charge in [-0.2, -0.15) is 9.97 Å². The van der Waals surface area contributed by atoms with E-state index in [1.54, 1.807) is 0 Å². The van der Waals surface area contributed by atoms with E-state index in [4.69, 9.17) is 5.73 Å². The molecule has 0 atom stereocenters. The molecule has 0 saturated carbocycles. The topological polar surface area (TPSA) is 111 Å². The molecular weight excluding hydrogens is 174 g/mol. The molecule has 1 radical (unpaired) electrons. The molecule has 7 nitrogen and oxygen atoms in total. The zero-order chi connectivity index (χ0) is 9.26. The third-order valence-electron chi connectivity index (χ3n) is 1.33. The lowest BCUT2D eigenvalue weighted by atomic mass is 10.4. The van der Waals surface area contributed by atoms with Gasteiger partial charge >= 0.3 is 5.88 Å². The van der Waals surface area contributed by atoms with Crippen LogP contribution in [0.1, 0.15) is 0 Å². The number of nitrogen functional groups attached to an aromatic ring is 1. The minimum Gasteiger partial charge on any atom is -0.382 e. The van der Waals surface area contributed by atoms with Gasteiger partial charge in [0, 0.05) is 0 Å². The van der Waals surface area contributed by atoms with Crippen LogP contribution in [0.5, 0.6) is 5.88 Å². The summed E-state index contributed by atoms with van der Waals surface area (Å²) in [6, 6.07) is 0. The first kappa shape index (κ1) is 7.47. The largest absolute Gasteiger partial charge is 0.382 e. The molecule has 65 valence electrons. The van der Waals surface area contributed by atoms with Gasteiger partial charge in [0.1, 0.15) is 5.82 Å². The van der Waals surface area contributed by atoms with Crippen molar-refractivity contribution in [2.24, 2.45) is 0 Å².